The van der Waals surface area contributed by atoms with Crippen LogP contribution in [0.4, 0.5) is 0 Å². The third kappa shape index (κ3) is 5.47. The summed E-state index contributed by atoms with van der Waals surface area (Å²) < 4.78 is 0. The summed E-state index contributed by atoms with van der Waals surface area (Å²) >= 11 is 13.7. The molecule has 2 atom stereocenters. The molecule has 0 aliphatic heterocycles. The Morgan fingerprint density at radius 1 is 1.04 bits per heavy atom. The Labute approximate surface area is 174 Å². The first-order valence-electron chi connectivity index (χ1n) is 8.73. The molecule has 146 valence electrons. The Hall–Kier alpha value is -1.56. The third-order valence-electron chi connectivity index (χ3n) is 4.32. The van der Waals surface area contributed by atoms with Gasteiger partial charge >= 0.3 is 0 Å². The highest BCUT2D eigenvalue weighted by Gasteiger charge is 2.27. The van der Waals surface area contributed by atoms with E-state index >= 15 is 0 Å². The van der Waals surface area contributed by atoms with Gasteiger partial charge in [-0.25, -0.2) is 0 Å². The van der Waals surface area contributed by atoms with Gasteiger partial charge in [-0.15, -0.1) is 11.3 Å². The number of benzene rings is 1. The number of thiophene rings is 1. The predicted molar refractivity (Wildman–Crippen MR) is 113 cm³/mol. The highest BCUT2D eigenvalue weighted by Crippen LogP contribution is 2.26. The first-order chi connectivity index (χ1) is 12.6. The van der Waals surface area contributed by atoms with Crippen molar-refractivity contribution in [1.82, 2.24) is 10.6 Å². The van der Waals surface area contributed by atoms with Crippen LogP contribution in [0.25, 0.3) is 0 Å². The number of nitrogens with one attached hydrogen (secondary N) is 2. The summed E-state index contributed by atoms with van der Waals surface area (Å²) in [5.74, 6) is -0.711. The highest BCUT2D eigenvalue weighted by molar-refractivity contribution is 7.12. The van der Waals surface area contributed by atoms with E-state index in [9.17, 15) is 9.59 Å². The van der Waals surface area contributed by atoms with Crippen LogP contribution in [0.1, 0.15) is 52.5 Å². The molecule has 0 aliphatic rings. The number of aryl methyl sites for hydroxylation is 2. The van der Waals surface area contributed by atoms with Gasteiger partial charge in [0.1, 0.15) is 6.04 Å². The molecule has 7 heteroatoms. The second-order valence-corrected chi connectivity index (χ2v) is 9.22. The van der Waals surface area contributed by atoms with Gasteiger partial charge in [-0.05, 0) is 56.5 Å². The molecule has 0 fully saturated rings. The van der Waals surface area contributed by atoms with Crippen molar-refractivity contribution in [2.75, 3.05) is 0 Å². The van der Waals surface area contributed by atoms with Gasteiger partial charge in [-0.2, -0.15) is 0 Å². The van der Waals surface area contributed by atoms with Crippen LogP contribution in [-0.2, 0) is 4.79 Å². The van der Waals surface area contributed by atoms with Gasteiger partial charge in [-0.1, -0.05) is 37.0 Å². The Balaban J connectivity index is 2.12. The molecule has 2 amide bonds. The lowest BCUT2D eigenvalue weighted by molar-refractivity contribution is -0.124. The van der Waals surface area contributed by atoms with Crippen LogP contribution in [0.5, 0.6) is 0 Å². The standard InChI is InChI=1S/C20H24Cl2N2O2S/c1-10(2)18(24-19(25)15-7-6-14(21)9-17(15)22)20(26)23-12(4)16-8-11(3)27-13(16)5/h6-10,12,18H,1-5H3,(H,23,26)(H,24,25)/t12-,18-/m1/s1. The average molecular weight is 427 g/mol. The number of hydrogen-bond donors (Lipinski definition) is 2. The third-order valence-corrected chi connectivity index (χ3v) is 5.85. The van der Waals surface area contributed by atoms with Crippen LogP contribution in [0.2, 0.25) is 10.0 Å². The molecule has 27 heavy (non-hydrogen) atoms. The van der Waals surface area contributed by atoms with E-state index in [1.807, 2.05) is 34.6 Å². The van der Waals surface area contributed by atoms with Crippen LogP contribution in [-0.4, -0.2) is 17.9 Å². The first kappa shape index (κ1) is 21.7. The second kappa shape index (κ2) is 9.09. The molecule has 2 rings (SSSR count). The van der Waals surface area contributed by atoms with Gasteiger partial charge in [0.25, 0.3) is 5.91 Å². The molecule has 0 aliphatic carbocycles. The lowest BCUT2D eigenvalue weighted by atomic mass is 10.0. The van der Waals surface area contributed by atoms with Crippen molar-refractivity contribution in [2.24, 2.45) is 5.92 Å². The van der Waals surface area contributed by atoms with Crippen LogP contribution >= 0.6 is 34.5 Å². The molecule has 0 spiro atoms. The molecule has 1 aromatic heterocycles. The fourth-order valence-electron chi connectivity index (χ4n) is 2.89. The zero-order valence-electron chi connectivity index (χ0n) is 16.0. The monoisotopic (exact) mass is 426 g/mol. The Morgan fingerprint density at radius 3 is 2.22 bits per heavy atom. The maximum absolute atomic E-state index is 12.8. The quantitative estimate of drug-likeness (QED) is 0.657. The fourth-order valence-corrected chi connectivity index (χ4v) is 4.41. The van der Waals surface area contributed by atoms with E-state index in [4.69, 9.17) is 23.2 Å². The maximum Gasteiger partial charge on any atom is 0.253 e. The minimum atomic E-state index is -0.674. The van der Waals surface area contributed by atoms with E-state index in [1.54, 1.807) is 23.5 Å². The van der Waals surface area contributed by atoms with Crippen molar-refractivity contribution in [3.8, 4) is 0 Å². The average Bonchev–Trinajstić information content (AvgIpc) is 2.90. The number of amides is 2. The zero-order valence-corrected chi connectivity index (χ0v) is 18.4. The van der Waals surface area contributed by atoms with Crippen molar-refractivity contribution >= 4 is 46.4 Å². The summed E-state index contributed by atoms with van der Waals surface area (Å²) in [5, 5.41) is 6.50. The number of carbonyl (C=O) groups is 2. The van der Waals surface area contributed by atoms with Gasteiger partial charge in [0.05, 0.1) is 16.6 Å². The molecular formula is C20H24Cl2N2O2S. The zero-order chi connectivity index (χ0) is 20.3. The van der Waals surface area contributed by atoms with Crippen LogP contribution in [0.3, 0.4) is 0 Å². The Bertz CT molecular complexity index is 849. The molecule has 1 aromatic carbocycles. The molecule has 4 nitrogen and oxygen atoms in total. The van der Waals surface area contributed by atoms with Crippen molar-refractivity contribution in [3.05, 3.63) is 55.2 Å². The van der Waals surface area contributed by atoms with Gasteiger partial charge in [-0.3, -0.25) is 9.59 Å². The first-order valence-corrected chi connectivity index (χ1v) is 10.3. The number of rotatable bonds is 6. The molecule has 0 saturated carbocycles. The van der Waals surface area contributed by atoms with E-state index in [0.717, 1.165) is 5.56 Å². The number of halogens is 2. The molecule has 1 heterocycles. The van der Waals surface area contributed by atoms with Gasteiger partial charge in [0.15, 0.2) is 0 Å². The largest absolute Gasteiger partial charge is 0.348 e. The van der Waals surface area contributed by atoms with Crippen LogP contribution < -0.4 is 10.6 Å². The van der Waals surface area contributed by atoms with E-state index in [0.29, 0.717) is 5.02 Å². The highest BCUT2D eigenvalue weighted by atomic mass is 35.5. The van der Waals surface area contributed by atoms with Crippen molar-refractivity contribution in [3.63, 3.8) is 0 Å². The van der Waals surface area contributed by atoms with Crippen LogP contribution in [0, 0.1) is 19.8 Å². The molecule has 0 saturated heterocycles. The molecule has 0 bridgehead atoms. The maximum atomic E-state index is 12.8. The fraction of sp³-hybridized carbons (Fsp3) is 0.400. The van der Waals surface area contributed by atoms with Crippen molar-refractivity contribution < 1.29 is 9.59 Å². The minimum Gasteiger partial charge on any atom is -0.348 e. The smallest absolute Gasteiger partial charge is 0.253 e. The molecule has 0 radical (unpaired) electrons. The molecule has 2 aromatic rings. The molecule has 0 unspecified atom stereocenters. The van der Waals surface area contributed by atoms with E-state index in [2.05, 4.69) is 16.7 Å². The Kier molecular flexibility index (Phi) is 7.32. The second-order valence-electron chi connectivity index (χ2n) is 6.92. The van der Waals surface area contributed by atoms with Gasteiger partial charge in [0, 0.05) is 14.8 Å². The number of carbonyl (C=O) groups excluding carboxylic acids is 2. The normalized spacial score (nSPS) is 13.3. The predicted octanol–water partition coefficient (Wildman–Crippen LogP) is 5.30. The summed E-state index contributed by atoms with van der Waals surface area (Å²) in [6, 6.07) is 5.92. The molecule has 2 N–H and O–H groups in total. The van der Waals surface area contributed by atoms with E-state index in [-0.39, 0.29) is 28.5 Å². The topological polar surface area (TPSA) is 58.2 Å². The SMILES string of the molecule is Cc1cc([C@@H](C)NC(=O)[C@H](NC(=O)c2ccc(Cl)cc2Cl)C(C)C)c(C)s1. The van der Waals surface area contributed by atoms with Crippen molar-refractivity contribution in [2.45, 2.75) is 46.7 Å². The minimum absolute atomic E-state index is 0.0856. The lowest BCUT2D eigenvalue weighted by Crippen LogP contribution is -2.50. The van der Waals surface area contributed by atoms with E-state index < -0.39 is 11.9 Å². The van der Waals surface area contributed by atoms with Crippen molar-refractivity contribution in [1.29, 1.82) is 0 Å². The summed E-state index contributed by atoms with van der Waals surface area (Å²) in [6.07, 6.45) is 0. The van der Waals surface area contributed by atoms with E-state index in [1.165, 1.54) is 15.8 Å². The summed E-state index contributed by atoms with van der Waals surface area (Å²) in [7, 11) is 0. The molecular weight excluding hydrogens is 403 g/mol. The lowest BCUT2D eigenvalue weighted by Gasteiger charge is -2.24. The van der Waals surface area contributed by atoms with Crippen LogP contribution in [0.15, 0.2) is 24.3 Å². The number of hydrogen-bond acceptors (Lipinski definition) is 3. The summed E-state index contributed by atoms with van der Waals surface area (Å²) in [6.45, 7) is 9.81. The van der Waals surface area contributed by atoms with Gasteiger partial charge in [0.2, 0.25) is 5.91 Å². The summed E-state index contributed by atoms with van der Waals surface area (Å²) in [5.41, 5.74) is 1.39. The Morgan fingerprint density at radius 2 is 1.70 bits per heavy atom. The summed E-state index contributed by atoms with van der Waals surface area (Å²) in [4.78, 5) is 27.8. The van der Waals surface area contributed by atoms with Gasteiger partial charge < -0.3 is 10.6 Å².